The van der Waals surface area contributed by atoms with Crippen molar-refractivity contribution in [3.63, 3.8) is 0 Å². The van der Waals surface area contributed by atoms with Gasteiger partial charge >= 0.3 is 5.97 Å². The zero-order valence-corrected chi connectivity index (χ0v) is 22.5. The Bertz CT molecular complexity index is 1030. The van der Waals surface area contributed by atoms with Crippen LogP contribution in [0.5, 0.6) is 0 Å². The van der Waals surface area contributed by atoms with Gasteiger partial charge < -0.3 is 14.7 Å². The highest BCUT2D eigenvalue weighted by molar-refractivity contribution is 6.30. The molecule has 0 saturated carbocycles. The van der Waals surface area contributed by atoms with Crippen molar-refractivity contribution in [3.05, 3.63) is 52.4 Å². The number of aromatic nitrogens is 2. The maximum Gasteiger partial charge on any atom is 0.358 e. The second kappa shape index (κ2) is 11.9. The van der Waals surface area contributed by atoms with Gasteiger partial charge in [-0.2, -0.15) is 0 Å². The maximum absolute atomic E-state index is 11.8. The fourth-order valence-corrected chi connectivity index (χ4v) is 5.90. The van der Waals surface area contributed by atoms with E-state index < -0.39 is 5.97 Å². The number of esters is 1. The molecular weight excluding hydrogens is 478 g/mol. The van der Waals surface area contributed by atoms with Gasteiger partial charge in [-0.1, -0.05) is 30.7 Å². The summed E-state index contributed by atoms with van der Waals surface area (Å²) in [5, 5.41) is 10.8. The van der Waals surface area contributed by atoms with E-state index in [0.717, 1.165) is 62.5 Å². The molecule has 3 heterocycles. The van der Waals surface area contributed by atoms with Crippen molar-refractivity contribution in [1.82, 2.24) is 19.8 Å². The Kier molecular flexibility index (Phi) is 8.83. The molecule has 2 saturated heterocycles. The number of aryl methyl sites for hydroxylation is 1. The van der Waals surface area contributed by atoms with Crippen LogP contribution in [-0.4, -0.2) is 88.9 Å². The lowest BCUT2D eigenvalue weighted by molar-refractivity contribution is 0.0289. The number of rotatable bonds is 7. The Balaban J connectivity index is 1.41. The number of aliphatic hydroxyl groups is 1. The van der Waals surface area contributed by atoms with Crippen molar-refractivity contribution in [2.45, 2.75) is 64.2 Å². The molecule has 1 N–H and O–H groups in total. The molecule has 36 heavy (non-hydrogen) atoms. The SMILES string of the molecule is CC[C@H]1CN(c2ncc(C(=O)OC)nc2C)[C@H](C)CN1C1CCN([C@@H](CO)c2ccc(Cl)cc2)CC1. The molecule has 8 nitrogen and oxygen atoms in total. The van der Waals surface area contributed by atoms with Crippen molar-refractivity contribution in [3.8, 4) is 0 Å². The third kappa shape index (κ3) is 5.67. The van der Waals surface area contributed by atoms with E-state index in [1.54, 1.807) is 0 Å². The highest BCUT2D eigenvalue weighted by Crippen LogP contribution is 2.31. The van der Waals surface area contributed by atoms with Gasteiger partial charge in [-0.05, 0) is 50.8 Å². The van der Waals surface area contributed by atoms with Crippen LogP contribution in [0.1, 0.15) is 60.9 Å². The number of halogens is 1. The van der Waals surface area contributed by atoms with Gasteiger partial charge in [-0.3, -0.25) is 9.80 Å². The fraction of sp³-hybridized carbons (Fsp3) is 0.593. The number of methoxy groups -OCH3 is 1. The molecular formula is C27H38ClN5O3. The summed E-state index contributed by atoms with van der Waals surface area (Å²) in [6.45, 7) is 10.3. The van der Waals surface area contributed by atoms with E-state index in [-0.39, 0.29) is 24.4 Å². The first kappa shape index (κ1) is 26.8. The highest BCUT2D eigenvalue weighted by Gasteiger charge is 2.38. The number of carbonyl (C=O) groups is 1. The van der Waals surface area contributed by atoms with Gasteiger partial charge in [0.15, 0.2) is 5.69 Å². The van der Waals surface area contributed by atoms with Crippen LogP contribution in [0.4, 0.5) is 5.82 Å². The molecule has 196 valence electrons. The number of likely N-dealkylation sites (tertiary alicyclic amines) is 1. The van der Waals surface area contributed by atoms with Crippen LogP contribution in [0.3, 0.4) is 0 Å². The molecule has 2 aliphatic rings. The van der Waals surface area contributed by atoms with E-state index in [1.165, 1.54) is 13.3 Å². The first-order chi connectivity index (χ1) is 17.4. The monoisotopic (exact) mass is 515 g/mol. The van der Waals surface area contributed by atoms with Gasteiger partial charge in [0.2, 0.25) is 0 Å². The molecule has 0 amide bonds. The zero-order chi connectivity index (χ0) is 25.8. The minimum absolute atomic E-state index is 0.00970. The topological polar surface area (TPSA) is 82.0 Å². The predicted molar refractivity (Wildman–Crippen MR) is 142 cm³/mol. The second-order valence-corrected chi connectivity index (χ2v) is 10.4. The molecule has 0 unspecified atom stereocenters. The van der Waals surface area contributed by atoms with Gasteiger partial charge in [0, 0.05) is 49.3 Å². The molecule has 3 atom stereocenters. The van der Waals surface area contributed by atoms with E-state index in [1.807, 2.05) is 31.2 Å². The van der Waals surface area contributed by atoms with E-state index in [2.05, 4.69) is 38.5 Å². The standard InChI is InChI=1S/C27H38ClN5O3/c1-5-22-16-32(26-19(3)30-24(14-29-26)27(35)36-4)18(2)15-33(22)23-10-12-31(13-11-23)25(17-34)20-6-8-21(28)9-7-20/h6-9,14,18,22-23,25,34H,5,10-13,15-17H2,1-4H3/t18-,22+,25+/m1/s1. The lowest BCUT2D eigenvalue weighted by Crippen LogP contribution is -2.62. The number of aliphatic hydroxyl groups excluding tert-OH is 1. The summed E-state index contributed by atoms with van der Waals surface area (Å²) in [5.74, 6) is 0.379. The van der Waals surface area contributed by atoms with Crippen LogP contribution in [0.2, 0.25) is 5.02 Å². The summed E-state index contributed by atoms with van der Waals surface area (Å²) in [6, 6.07) is 9.07. The smallest absolute Gasteiger partial charge is 0.358 e. The predicted octanol–water partition coefficient (Wildman–Crippen LogP) is 3.71. The molecule has 2 aliphatic heterocycles. The largest absolute Gasteiger partial charge is 0.464 e. The molecule has 0 spiro atoms. The Hall–Kier alpha value is -2.26. The van der Waals surface area contributed by atoms with Gasteiger partial charge in [0.25, 0.3) is 0 Å². The summed E-state index contributed by atoms with van der Waals surface area (Å²) < 4.78 is 4.79. The third-order valence-corrected chi connectivity index (χ3v) is 8.03. The summed E-state index contributed by atoms with van der Waals surface area (Å²) in [5.41, 5.74) is 2.10. The Morgan fingerprint density at radius 2 is 1.92 bits per heavy atom. The third-order valence-electron chi connectivity index (χ3n) is 7.78. The first-order valence-electron chi connectivity index (χ1n) is 12.9. The van der Waals surface area contributed by atoms with E-state index in [4.69, 9.17) is 16.3 Å². The molecule has 1 aromatic carbocycles. The normalized spacial score (nSPS) is 23.0. The second-order valence-electron chi connectivity index (χ2n) is 9.93. The Morgan fingerprint density at radius 1 is 1.22 bits per heavy atom. The van der Waals surface area contributed by atoms with Crippen molar-refractivity contribution in [2.24, 2.45) is 0 Å². The number of anilines is 1. The summed E-state index contributed by atoms with van der Waals surface area (Å²) in [7, 11) is 1.35. The van der Waals surface area contributed by atoms with Crippen LogP contribution in [-0.2, 0) is 4.74 Å². The average molecular weight is 516 g/mol. The number of hydrogen-bond donors (Lipinski definition) is 1. The number of piperidine rings is 1. The first-order valence-corrected chi connectivity index (χ1v) is 13.3. The van der Waals surface area contributed by atoms with E-state index >= 15 is 0 Å². The molecule has 0 bridgehead atoms. The molecule has 2 fully saturated rings. The number of carbonyl (C=O) groups excluding carboxylic acids is 1. The molecule has 9 heteroatoms. The van der Waals surface area contributed by atoms with Gasteiger partial charge in [-0.25, -0.2) is 14.8 Å². The van der Waals surface area contributed by atoms with Gasteiger partial charge in [0.1, 0.15) is 5.82 Å². The maximum atomic E-state index is 11.8. The molecule has 1 aromatic heterocycles. The van der Waals surface area contributed by atoms with Crippen LogP contribution in [0, 0.1) is 6.92 Å². The van der Waals surface area contributed by atoms with Crippen LogP contribution >= 0.6 is 11.6 Å². The average Bonchev–Trinajstić information content (AvgIpc) is 2.90. The number of ether oxygens (including phenoxy) is 1. The Morgan fingerprint density at radius 3 is 2.50 bits per heavy atom. The van der Waals surface area contributed by atoms with Crippen molar-refractivity contribution in [1.29, 1.82) is 0 Å². The molecule has 0 radical (unpaired) electrons. The van der Waals surface area contributed by atoms with Crippen molar-refractivity contribution in [2.75, 3.05) is 44.8 Å². The van der Waals surface area contributed by atoms with Crippen LogP contribution in [0.15, 0.2) is 30.5 Å². The molecule has 2 aromatic rings. The van der Waals surface area contributed by atoms with Gasteiger partial charge in [0.05, 0.1) is 31.6 Å². The fourth-order valence-electron chi connectivity index (χ4n) is 5.78. The van der Waals surface area contributed by atoms with E-state index in [9.17, 15) is 9.90 Å². The number of hydrogen-bond acceptors (Lipinski definition) is 8. The van der Waals surface area contributed by atoms with Gasteiger partial charge in [-0.15, -0.1) is 0 Å². The lowest BCUT2D eigenvalue weighted by Gasteiger charge is -2.51. The number of piperazine rings is 1. The molecule has 0 aliphatic carbocycles. The summed E-state index contributed by atoms with van der Waals surface area (Å²) in [6.07, 6.45) is 4.74. The Labute approximate surface area is 219 Å². The zero-order valence-electron chi connectivity index (χ0n) is 21.7. The summed E-state index contributed by atoms with van der Waals surface area (Å²) in [4.78, 5) is 28.3. The quantitative estimate of drug-likeness (QED) is 0.559. The summed E-state index contributed by atoms with van der Waals surface area (Å²) >= 11 is 6.06. The molecule has 4 rings (SSSR count). The van der Waals surface area contributed by atoms with Crippen molar-refractivity contribution < 1.29 is 14.6 Å². The van der Waals surface area contributed by atoms with Crippen LogP contribution in [0.25, 0.3) is 0 Å². The highest BCUT2D eigenvalue weighted by atomic mass is 35.5. The lowest BCUT2D eigenvalue weighted by atomic mass is 9.94. The number of nitrogens with zero attached hydrogens (tertiary/aromatic N) is 5. The van der Waals surface area contributed by atoms with Crippen molar-refractivity contribution >= 4 is 23.4 Å². The van der Waals surface area contributed by atoms with Crippen LogP contribution < -0.4 is 4.90 Å². The number of benzene rings is 1. The minimum Gasteiger partial charge on any atom is -0.464 e. The minimum atomic E-state index is -0.465. The van der Waals surface area contributed by atoms with E-state index in [0.29, 0.717) is 17.1 Å².